The van der Waals surface area contributed by atoms with Crippen molar-refractivity contribution in [3.05, 3.63) is 35.4 Å². The fourth-order valence-corrected chi connectivity index (χ4v) is 3.09. The van der Waals surface area contributed by atoms with E-state index in [9.17, 15) is 4.79 Å². The number of amides is 1. The summed E-state index contributed by atoms with van der Waals surface area (Å²) in [6, 6.07) is 8.03. The molecule has 0 aliphatic carbocycles. The predicted octanol–water partition coefficient (Wildman–Crippen LogP) is 3.22. The first kappa shape index (κ1) is 13.5. The van der Waals surface area contributed by atoms with Crippen LogP contribution in [0.1, 0.15) is 36.2 Å². The molecule has 1 aliphatic heterocycles. The first-order valence-corrected chi connectivity index (χ1v) is 7.72. The molecule has 0 bridgehead atoms. The summed E-state index contributed by atoms with van der Waals surface area (Å²) < 4.78 is 0. The first-order valence-electron chi connectivity index (χ1n) is 6.67. The number of carbonyl (C=O) groups is 1. The molecule has 2 nitrogen and oxygen atoms in total. The molecule has 3 heteroatoms. The molecular weight excluding hydrogens is 242 g/mol. The molecule has 1 aromatic carbocycles. The molecule has 0 N–H and O–H groups in total. The van der Waals surface area contributed by atoms with Crippen LogP contribution in [0, 0.1) is 0 Å². The van der Waals surface area contributed by atoms with Crippen molar-refractivity contribution in [2.75, 3.05) is 18.8 Å². The zero-order chi connectivity index (χ0) is 13.0. The van der Waals surface area contributed by atoms with E-state index in [0.717, 1.165) is 37.2 Å². The maximum Gasteiger partial charge on any atom is 0.254 e. The largest absolute Gasteiger partial charge is 0.338 e. The summed E-state index contributed by atoms with van der Waals surface area (Å²) in [6.45, 7) is 6.16. The number of rotatable bonds is 4. The minimum Gasteiger partial charge on any atom is -0.338 e. The van der Waals surface area contributed by atoms with Gasteiger partial charge in [-0.15, -0.1) is 0 Å². The van der Waals surface area contributed by atoms with Gasteiger partial charge in [0.15, 0.2) is 0 Å². The molecule has 0 radical (unpaired) electrons. The number of aryl methyl sites for hydroxylation is 1. The van der Waals surface area contributed by atoms with Crippen LogP contribution in [0.5, 0.6) is 0 Å². The van der Waals surface area contributed by atoms with E-state index in [-0.39, 0.29) is 5.91 Å². The van der Waals surface area contributed by atoms with Gasteiger partial charge in [0.1, 0.15) is 0 Å². The van der Waals surface area contributed by atoms with Gasteiger partial charge >= 0.3 is 0 Å². The van der Waals surface area contributed by atoms with Crippen molar-refractivity contribution in [3.8, 4) is 0 Å². The summed E-state index contributed by atoms with van der Waals surface area (Å²) in [4.78, 5) is 14.4. The second kappa shape index (κ2) is 6.28. The number of hydrogen-bond acceptors (Lipinski definition) is 2. The number of nitrogens with zero attached hydrogens (tertiary/aromatic N) is 1. The second-order valence-corrected chi connectivity index (χ2v) is 6.66. The quantitative estimate of drug-likeness (QED) is 0.831. The lowest BCUT2D eigenvalue weighted by Crippen LogP contribution is -2.33. The third-order valence-electron chi connectivity index (χ3n) is 3.22. The van der Waals surface area contributed by atoms with Crippen LogP contribution in [0.2, 0.25) is 0 Å². The van der Waals surface area contributed by atoms with Gasteiger partial charge in [0.2, 0.25) is 0 Å². The summed E-state index contributed by atoms with van der Waals surface area (Å²) >= 11 is 1.92. The second-order valence-electron chi connectivity index (χ2n) is 4.97. The Hall–Kier alpha value is -0.960. The van der Waals surface area contributed by atoms with E-state index >= 15 is 0 Å². The lowest BCUT2D eigenvalue weighted by Gasteiger charge is -2.21. The fraction of sp³-hybridized carbons (Fsp3) is 0.533. The maximum atomic E-state index is 12.4. The molecule has 0 atom stereocenters. The van der Waals surface area contributed by atoms with Crippen molar-refractivity contribution >= 4 is 17.7 Å². The summed E-state index contributed by atoms with van der Waals surface area (Å²) in [5, 5.41) is 0.638. The van der Waals surface area contributed by atoms with Gasteiger partial charge in [-0.3, -0.25) is 4.79 Å². The zero-order valence-corrected chi connectivity index (χ0v) is 12.0. The van der Waals surface area contributed by atoms with Crippen LogP contribution in [0.15, 0.2) is 24.3 Å². The Bertz CT molecular complexity index is 417. The Morgan fingerprint density at radius 3 is 2.89 bits per heavy atom. The van der Waals surface area contributed by atoms with Crippen molar-refractivity contribution in [2.45, 2.75) is 31.9 Å². The number of carbonyl (C=O) groups excluding carboxylic acids is 1. The minimum atomic E-state index is 0.215. The molecule has 98 valence electrons. The third-order valence-corrected chi connectivity index (χ3v) is 4.31. The van der Waals surface area contributed by atoms with Gasteiger partial charge in [-0.05, 0) is 29.7 Å². The van der Waals surface area contributed by atoms with Gasteiger partial charge in [-0.1, -0.05) is 32.0 Å². The van der Waals surface area contributed by atoms with Crippen LogP contribution in [0.3, 0.4) is 0 Å². The molecule has 18 heavy (non-hydrogen) atoms. The van der Waals surface area contributed by atoms with Gasteiger partial charge < -0.3 is 4.90 Å². The Balaban J connectivity index is 2.03. The molecule has 1 aliphatic rings. The third kappa shape index (κ3) is 3.29. The lowest BCUT2D eigenvalue weighted by molar-refractivity contribution is 0.0771. The van der Waals surface area contributed by atoms with E-state index in [1.165, 1.54) is 5.56 Å². The van der Waals surface area contributed by atoms with E-state index in [2.05, 4.69) is 19.9 Å². The molecule has 0 spiro atoms. The SMILES string of the molecule is CC(C)SCCN1CCCc2ccccc2C1=O. The van der Waals surface area contributed by atoms with Gasteiger partial charge in [-0.25, -0.2) is 0 Å². The van der Waals surface area contributed by atoms with E-state index < -0.39 is 0 Å². The Kier molecular flexibility index (Phi) is 4.70. The maximum absolute atomic E-state index is 12.4. The highest BCUT2D eigenvalue weighted by molar-refractivity contribution is 7.99. The van der Waals surface area contributed by atoms with Crippen molar-refractivity contribution in [3.63, 3.8) is 0 Å². The minimum absolute atomic E-state index is 0.215. The van der Waals surface area contributed by atoms with Crippen LogP contribution in [0.4, 0.5) is 0 Å². The fourth-order valence-electron chi connectivity index (χ4n) is 2.29. The zero-order valence-electron chi connectivity index (χ0n) is 11.2. The van der Waals surface area contributed by atoms with Crippen LogP contribution < -0.4 is 0 Å². The Morgan fingerprint density at radius 2 is 2.11 bits per heavy atom. The number of fused-ring (bicyclic) bond motifs is 1. The Morgan fingerprint density at radius 1 is 1.33 bits per heavy atom. The Labute approximate surface area is 114 Å². The topological polar surface area (TPSA) is 20.3 Å². The van der Waals surface area contributed by atoms with Crippen molar-refractivity contribution < 1.29 is 4.79 Å². The first-order chi connectivity index (χ1) is 8.68. The highest BCUT2D eigenvalue weighted by Crippen LogP contribution is 2.19. The summed E-state index contributed by atoms with van der Waals surface area (Å²) in [5.74, 6) is 1.25. The average Bonchev–Trinajstić information content (AvgIpc) is 2.50. The van der Waals surface area contributed by atoms with E-state index in [1.807, 2.05) is 34.9 Å². The van der Waals surface area contributed by atoms with Gasteiger partial charge in [0, 0.05) is 24.4 Å². The molecule has 1 aromatic rings. The summed E-state index contributed by atoms with van der Waals surface area (Å²) in [6.07, 6.45) is 2.10. The van der Waals surface area contributed by atoms with E-state index in [1.54, 1.807) is 0 Å². The predicted molar refractivity (Wildman–Crippen MR) is 78.3 cm³/mol. The number of hydrogen-bond donors (Lipinski definition) is 0. The monoisotopic (exact) mass is 263 g/mol. The van der Waals surface area contributed by atoms with E-state index in [0.29, 0.717) is 5.25 Å². The van der Waals surface area contributed by atoms with Crippen LogP contribution in [-0.4, -0.2) is 34.9 Å². The normalized spacial score (nSPS) is 15.7. The molecule has 0 aromatic heterocycles. The smallest absolute Gasteiger partial charge is 0.254 e. The van der Waals surface area contributed by atoms with Gasteiger partial charge in [0.05, 0.1) is 0 Å². The molecule has 0 saturated carbocycles. The molecular formula is C15H21NOS. The number of benzene rings is 1. The van der Waals surface area contributed by atoms with Crippen LogP contribution in [0.25, 0.3) is 0 Å². The average molecular weight is 263 g/mol. The highest BCUT2D eigenvalue weighted by Gasteiger charge is 2.21. The molecule has 1 heterocycles. The molecule has 2 rings (SSSR count). The van der Waals surface area contributed by atoms with E-state index in [4.69, 9.17) is 0 Å². The summed E-state index contributed by atoms with van der Waals surface area (Å²) in [7, 11) is 0. The molecule has 0 unspecified atom stereocenters. The van der Waals surface area contributed by atoms with Crippen molar-refractivity contribution in [1.29, 1.82) is 0 Å². The standard InChI is InChI=1S/C15H21NOS/c1-12(2)18-11-10-16-9-5-7-13-6-3-4-8-14(13)15(16)17/h3-4,6,8,12H,5,7,9-11H2,1-2H3. The van der Waals surface area contributed by atoms with Crippen molar-refractivity contribution in [1.82, 2.24) is 4.90 Å². The lowest BCUT2D eigenvalue weighted by atomic mass is 10.0. The van der Waals surface area contributed by atoms with Gasteiger partial charge in [-0.2, -0.15) is 11.8 Å². The highest BCUT2D eigenvalue weighted by atomic mass is 32.2. The van der Waals surface area contributed by atoms with Crippen LogP contribution in [-0.2, 0) is 6.42 Å². The van der Waals surface area contributed by atoms with Gasteiger partial charge in [0.25, 0.3) is 5.91 Å². The van der Waals surface area contributed by atoms with Crippen molar-refractivity contribution in [2.24, 2.45) is 0 Å². The number of thioether (sulfide) groups is 1. The molecule has 0 saturated heterocycles. The molecule has 1 amide bonds. The molecule has 0 fully saturated rings. The summed E-state index contributed by atoms with van der Waals surface area (Å²) in [5.41, 5.74) is 2.12. The van der Waals surface area contributed by atoms with Crippen LogP contribution >= 0.6 is 11.8 Å².